The Labute approximate surface area is 103 Å². The number of hydrogen-bond donors (Lipinski definition) is 0. The topological polar surface area (TPSA) is 60.4 Å². The number of aldehydes is 1. The molecule has 5 heteroatoms. The first kappa shape index (κ1) is 15.8. The van der Waals surface area contributed by atoms with Crippen LogP contribution in [0.2, 0.25) is 0 Å². The first-order valence-corrected chi connectivity index (χ1v) is 7.19. The molecule has 17 heavy (non-hydrogen) atoms. The van der Waals surface area contributed by atoms with Crippen LogP contribution in [0.15, 0.2) is 30.3 Å². The number of benzene rings is 1. The van der Waals surface area contributed by atoms with Crippen LogP contribution in [0.4, 0.5) is 0 Å². The van der Waals surface area contributed by atoms with E-state index in [1.165, 1.54) is 0 Å². The minimum atomic E-state index is -3.50. The highest BCUT2D eigenvalue weighted by Crippen LogP contribution is 2.13. The lowest BCUT2D eigenvalue weighted by molar-refractivity contribution is -0.109. The highest BCUT2D eigenvalue weighted by atomic mass is 32.2. The number of carbonyl (C=O) groups is 1. The Morgan fingerprint density at radius 3 is 2.18 bits per heavy atom. The van der Waals surface area contributed by atoms with Crippen LogP contribution in [-0.4, -0.2) is 27.6 Å². The SMILES string of the molecule is CC.CS(=O)(=O)OCC(C=O)c1ccccc1. The van der Waals surface area contributed by atoms with Crippen LogP contribution >= 0.6 is 0 Å². The molecule has 0 fully saturated rings. The molecular formula is C12H18O4S. The van der Waals surface area contributed by atoms with Gasteiger partial charge in [0.2, 0.25) is 0 Å². The van der Waals surface area contributed by atoms with E-state index < -0.39 is 16.0 Å². The molecule has 96 valence electrons. The maximum Gasteiger partial charge on any atom is 0.264 e. The van der Waals surface area contributed by atoms with E-state index in [9.17, 15) is 13.2 Å². The zero-order valence-electron chi connectivity index (χ0n) is 10.3. The molecule has 1 aromatic carbocycles. The Kier molecular flexibility index (Phi) is 7.41. The normalized spacial score (nSPS) is 12.2. The second-order valence-electron chi connectivity index (χ2n) is 3.14. The Bertz CT molecular complexity index is 411. The fourth-order valence-electron chi connectivity index (χ4n) is 1.11. The molecule has 0 aliphatic rings. The largest absolute Gasteiger partial charge is 0.303 e. The van der Waals surface area contributed by atoms with Gasteiger partial charge in [-0.1, -0.05) is 44.2 Å². The minimum Gasteiger partial charge on any atom is -0.303 e. The third kappa shape index (κ3) is 6.86. The van der Waals surface area contributed by atoms with E-state index in [1.54, 1.807) is 24.3 Å². The monoisotopic (exact) mass is 258 g/mol. The van der Waals surface area contributed by atoms with Crippen molar-refractivity contribution in [2.75, 3.05) is 12.9 Å². The van der Waals surface area contributed by atoms with E-state index in [1.807, 2.05) is 19.9 Å². The molecule has 4 nitrogen and oxygen atoms in total. The molecule has 1 rings (SSSR count). The zero-order chi connectivity index (χ0) is 13.3. The summed E-state index contributed by atoms with van der Waals surface area (Å²) in [6.45, 7) is 3.85. The maximum absolute atomic E-state index is 10.7. The summed E-state index contributed by atoms with van der Waals surface area (Å²) in [7, 11) is -3.50. The zero-order valence-corrected chi connectivity index (χ0v) is 11.1. The molecule has 0 saturated carbocycles. The molecule has 0 amide bonds. The van der Waals surface area contributed by atoms with Crippen LogP contribution in [-0.2, 0) is 19.1 Å². The van der Waals surface area contributed by atoms with E-state index in [0.29, 0.717) is 6.29 Å². The molecule has 0 saturated heterocycles. The van der Waals surface area contributed by atoms with Crippen molar-refractivity contribution in [2.24, 2.45) is 0 Å². The summed E-state index contributed by atoms with van der Waals surface area (Å²) in [5, 5.41) is 0. The number of hydrogen-bond acceptors (Lipinski definition) is 4. The van der Waals surface area contributed by atoms with Crippen molar-refractivity contribution >= 4 is 16.4 Å². The summed E-state index contributed by atoms with van der Waals surface area (Å²) < 4.78 is 26.1. The Morgan fingerprint density at radius 1 is 1.24 bits per heavy atom. The van der Waals surface area contributed by atoms with E-state index in [4.69, 9.17) is 0 Å². The molecule has 1 aromatic rings. The van der Waals surface area contributed by atoms with Gasteiger partial charge in [-0.25, -0.2) is 0 Å². The molecule has 1 atom stereocenters. The lowest BCUT2D eigenvalue weighted by Crippen LogP contribution is -2.13. The van der Waals surface area contributed by atoms with Gasteiger partial charge in [0.25, 0.3) is 10.1 Å². The van der Waals surface area contributed by atoms with Crippen LogP contribution < -0.4 is 0 Å². The summed E-state index contributed by atoms with van der Waals surface area (Å²) in [5.74, 6) is -0.541. The van der Waals surface area contributed by atoms with Crippen LogP contribution in [0.5, 0.6) is 0 Å². The molecule has 0 aliphatic carbocycles. The molecule has 0 heterocycles. The van der Waals surface area contributed by atoms with E-state index in [0.717, 1.165) is 11.8 Å². The van der Waals surface area contributed by atoms with Crippen molar-refractivity contribution in [2.45, 2.75) is 19.8 Å². The second-order valence-corrected chi connectivity index (χ2v) is 4.79. The van der Waals surface area contributed by atoms with E-state index in [2.05, 4.69) is 4.18 Å². The summed E-state index contributed by atoms with van der Waals surface area (Å²) in [6, 6.07) is 8.90. The smallest absolute Gasteiger partial charge is 0.264 e. The minimum absolute atomic E-state index is 0.146. The summed E-state index contributed by atoms with van der Waals surface area (Å²) in [6.07, 6.45) is 1.64. The van der Waals surface area contributed by atoms with Crippen LogP contribution in [0.1, 0.15) is 25.3 Å². The quantitative estimate of drug-likeness (QED) is 0.598. The van der Waals surface area contributed by atoms with Crippen LogP contribution in [0.3, 0.4) is 0 Å². The predicted molar refractivity (Wildman–Crippen MR) is 67.4 cm³/mol. The van der Waals surface area contributed by atoms with Gasteiger partial charge in [-0.15, -0.1) is 0 Å². The van der Waals surface area contributed by atoms with Crippen LogP contribution in [0.25, 0.3) is 0 Å². The van der Waals surface area contributed by atoms with Gasteiger partial charge in [0, 0.05) is 0 Å². The van der Waals surface area contributed by atoms with Crippen molar-refractivity contribution in [1.82, 2.24) is 0 Å². The summed E-state index contributed by atoms with van der Waals surface area (Å²) >= 11 is 0. The van der Waals surface area contributed by atoms with Gasteiger partial charge in [-0.2, -0.15) is 8.42 Å². The number of carbonyl (C=O) groups excluding carboxylic acids is 1. The fraction of sp³-hybridized carbons (Fsp3) is 0.417. The lowest BCUT2D eigenvalue weighted by Gasteiger charge is -2.09. The Hall–Kier alpha value is -1.20. The standard InChI is InChI=1S/C10H12O4S.C2H6/c1-15(12,13)14-8-10(7-11)9-5-3-2-4-6-9;1-2/h2-7,10H,8H2,1H3;1-2H3. The van der Waals surface area contributed by atoms with Crippen molar-refractivity contribution < 1.29 is 17.4 Å². The molecule has 0 radical (unpaired) electrons. The number of rotatable bonds is 5. The lowest BCUT2D eigenvalue weighted by atomic mass is 10.0. The summed E-state index contributed by atoms with van der Waals surface area (Å²) in [4.78, 5) is 10.7. The highest BCUT2D eigenvalue weighted by molar-refractivity contribution is 7.85. The molecule has 0 aromatic heterocycles. The van der Waals surface area contributed by atoms with Gasteiger partial charge in [0.15, 0.2) is 0 Å². The molecule has 0 aliphatic heterocycles. The van der Waals surface area contributed by atoms with Gasteiger partial charge in [-0.3, -0.25) is 4.18 Å². The van der Waals surface area contributed by atoms with Gasteiger partial charge >= 0.3 is 0 Å². The van der Waals surface area contributed by atoms with Crippen LogP contribution in [0, 0.1) is 0 Å². The Balaban J connectivity index is 0.00000121. The fourth-order valence-corrected chi connectivity index (χ4v) is 1.51. The summed E-state index contributed by atoms with van der Waals surface area (Å²) in [5.41, 5.74) is 0.746. The average Bonchev–Trinajstić information content (AvgIpc) is 2.32. The first-order valence-electron chi connectivity index (χ1n) is 5.37. The predicted octanol–water partition coefficient (Wildman–Crippen LogP) is 1.97. The van der Waals surface area contributed by atoms with Crippen molar-refractivity contribution in [3.05, 3.63) is 35.9 Å². The van der Waals surface area contributed by atoms with Crippen molar-refractivity contribution in [3.8, 4) is 0 Å². The van der Waals surface area contributed by atoms with Crippen molar-refractivity contribution in [3.63, 3.8) is 0 Å². The maximum atomic E-state index is 10.7. The first-order chi connectivity index (χ1) is 8.03. The molecule has 0 N–H and O–H groups in total. The second kappa shape index (κ2) is 7.97. The van der Waals surface area contributed by atoms with Gasteiger partial charge in [-0.05, 0) is 5.56 Å². The van der Waals surface area contributed by atoms with Gasteiger partial charge < -0.3 is 4.79 Å². The third-order valence-corrected chi connectivity index (χ3v) is 2.42. The average molecular weight is 258 g/mol. The molecular weight excluding hydrogens is 240 g/mol. The van der Waals surface area contributed by atoms with Gasteiger partial charge in [0.1, 0.15) is 6.29 Å². The highest BCUT2D eigenvalue weighted by Gasteiger charge is 2.13. The van der Waals surface area contributed by atoms with E-state index in [-0.39, 0.29) is 6.61 Å². The molecule has 1 unspecified atom stereocenters. The van der Waals surface area contributed by atoms with Crippen molar-refractivity contribution in [1.29, 1.82) is 0 Å². The Morgan fingerprint density at radius 2 is 1.76 bits per heavy atom. The molecule has 0 spiro atoms. The molecule has 0 bridgehead atoms. The van der Waals surface area contributed by atoms with E-state index >= 15 is 0 Å². The van der Waals surface area contributed by atoms with Gasteiger partial charge in [0.05, 0.1) is 18.8 Å². The third-order valence-electron chi connectivity index (χ3n) is 1.85.